The fourth-order valence-electron chi connectivity index (χ4n) is 2.14. The van der Waals surface area contributed by atoms with Crippen molar-refractivity contribution in [3.63, 3.8) is 0 Å². The van der Waals surface area contributed by atoms with Gasteiger partial charge in [0.2, 0.25) is 0 Å². The third kappa shape index (κ3) is 4.48. The van der Waals surface area contributed by atoms with Gasteiger partial charge in [0.15, 0.2) is 0 Å². The van der Waals surface area contributed by atoms with E-state index in [0.29, 0.717) is 0 Å². The standard InChI is InChI=1S/C15H22N4/c1-13-12-14(2)19(18-13)11-5-8-16-10-7-15-6-3-4-9-17-15/h3-4,6,9,12,16H,5,7-8,10-11H2,1-2H3. The van der Waals surface area contributed by atoms with Crippen LogP contribution in [0.5, 0.6) is 0 Å². The number of rotatable bonds is 7. The van der Waals surface area contributed by atoms with Gasteiger partial charge < -0.3 is 5.32 Å². The van der Waals surface area contributed by atoms with Crippen LogP contribution in [0.4, 0.5) is 0 Å². The van der Waals surface area contributed by atoms with Gasteiger partial charge in [-0.1, -0.05) is 6.07 Å². The summed E-state index contributed by atoms with van der Waals surface area (Å²) in [5.74, 6) is 0. The maximum atomic E-state index is 4.45. The lowest BCUT2D eigenvalue weighted by Gasteiger charge is -2.06. The summed E-state index contributed by atoms with van der Waals surface area (Å²) in [6, 6.07) is 8.17. The molecule has 4 heteroatoms. The fraction of sp³-hybridized carbons (Fsp3) is 0.467. The molecule has 0 aliphatic rings. The lowest BCUT2D eigenvalue weighted by molar-refractivity contribution is 0.532. The van der Waals surface area contributed by atoms with Gasteiger partial charge in [-0.2, -0.15) is 5.10 Å². The van der Waals surface area contributed by atoms with Crippen LogP contribution >= 0.6 is 0 Å². The second-order valence-corrected chi connectivity index (χ2v) is 4.82. The SMILES string of the molecule is Cc1cc(C)n(CCCNCCc2ccccn2)n1. The smallest absolute Gasteiger partial charge is 0.0596 e. The van der Waals surface area contributed by atoms with E-state index < -0.39 is 0 Å². The molecule has 0 amide bonds. The second-order valence-electron chi connectivity index (χ2n) is 4.82. The Morgan fingerprint density at radius 3 is 2.79 bits per heavy atom. The average Bonchev–Trinajstić information content (AvgIpc) is 2.73. The third-order valence-corrected chi connectivity index (χ3v) is 3.11. The van der Waals surface area contributed by atoms with Gasteiger partial charge in [0.1, 0.15) is 0 Å². The molecule has 0 aliphatic carbocycles. The Balaban J connectivity index is 1.59. The van der Waals surface area contributed by atoms with Crippen molar-refractivity contribution in [2.75, 3.05) is 13.1 Å². The monoisotopic (exact) mass is 258 g/mol. The van der Waals surface area contributed by atoms with Gasteiger partial charge in [0.25, 0.3) is 0 Å². The molecular weight excluding hydrogens is 236 g/mol. The van der Waals surface area contributed by atoms with Crippen LogP contribution in [0, 0.1) is 13.8 Å². The number of nitrogens with zero attached hydrogens (tertiary/aromatic N) is 3. The minimum atomic E-state index is 0.980. The predicted octanol–water partition coefficient (Wildman–Crippen LogP) is 2.12. The third-order valence-electron chi connectivity index (χ3n) is 3.11. The number of hydrogen-bond donors (Lipinski definition) is 1. The summed E-state index contributed by atoms with van der Waals surface area (Å²) in [5, 5.41) is 7.90. The molecule has 1 N–H and O–H groups in total. The summed E-state index contributed by atoms with van der Waals surface area (Å²) in [6.07, 6.45) is 3.93. The molecule has 19 heavy (non-hydrogen) atoms. The zero-order valence-corrected chi connectivity index (χ0v) is 11.8. The van der Waals surface area contributed by atoms with Gasteiger partial charge in [0, 0.05) is 37.1 Å². The van der Waals surface area contributed by atoms with Crippen molar-refractivity contribution in [2.45, 2.75) is 33.2 Å². The fourth-order valence-corrected chi connectivity index (χ4v) is 2.14. The van der Waals surface area contributed by atoms with E-state index in [1.807, 2.05) is 25.3 Å². The molecule has 2 aromatic rings. The molecule has 0 radical (unpaired) electrons. The first kappa shape index (κ1) is 13.7. The van der Waals surface area contributed by atoms with E-state index in [1.165, 1.54) is 5.69 Å². The highest BCUT2D eigenvalue weighted by molar-refractivity contribution is 5.06. The summed E-state index contributed by atoms with van der Waals surface area (Å²) in [4.78, 5) is 4.30. The van der Waals surface area contributed by atoms with E-state index >= 15 is 0 Å². The Morgan fingerprint density at radius 2 is 2.11 bits per heavy atom. The zero-order valence-electron chi connectivity index (χ0n) is 11.8. The normalized spacial score (nSPS) is 10.8. The molecule has 0 saturated heterocycles. The van der Waals surface area contributed by atoms with E-state index in [9.17, 15) is 0 Å². The predicted molar refractivity (Wildman–Crippen MR) is 77.1 cm³/mol. The Labute approximate surface area is 114 Å². The highest BCUT2D eigenvalue weighted by atomic mass is 15.3. The summed E-state index contributed by atoms with van der Waals surface area (Å²) < 4.78 is 2.08. The molecule has 2 rings (SSSR count). The molecule has 0 aliphatic heterocycles. The van der Waals surface area contributed by atoms with Crippen molar-refractivity contribution < 1.29 is 0 Å². The van der Waals surface area contributed by atoms with Crippen LogP contribution in [-0.4, -0.2) is 27.9 Å². The van der Waals surface area contributed by atoms with Gasteiger partial charge in [-0.25, -0.2) is 0 Å². The van der Waals surface area contributed by atoms with Crippen molar-refractivity contribution in [3.05, 3.63) is 47.5 Å². The second kappa shape index (κ2) is 7.04. The average molecular weight is 258 g/mol. The molecule has 0 unspecified atom stereocenters. The molecule has 0 saturated carbocycles. The van der Waals surface area contributed by atoms with E-state index in [0.717, 1.165) is 43.9 Å². The lowest BCUT2D eigenvalue weighted by Crippen LogP contribution is -2.20. The molecule has 2 aromatic heterocycles. The topological polar surface area (TPSA) is 42.7 Å². The van der Waals surface area contributed by atoms with Crippen molar-refractivity contribution >= 4 is 0 Å². The Morgan fingerprint density at radius 1 is 1.21 bits per heavy atom. The minimum absolute atomic E-state index is 0.980. The minimum Gasteiger partial charge on any atom is -0.316 e. The number of aryl methyl sites for hydroxylation is 3. The van der Waals surface area contributed by atoms with Crippen LogP contribution in [0.25, 0.3) is 0 Å². The Bertz CT molecular complexity index is 490. The molecule has 0 fully saturated rings. The molecule has 0 bridgehead atoms. The number of pyridine rings is 1. The Kier molecular flexibility index (Phi) is 5.10. The first-order valence-corrected chi connectivity index (χ1v) is 6.87. The van der Waals surface area contributed by atoms with Crippen LogP contribution in [0.3, 0.4) is 0 Å². The van der Waals surface area contributed by atoms with E-state index in [4.69, 9.17) is 0 Å². The summed E-state index contributed by atoms with van der Waals surface area (Å²) in [5.41, 5.74) is 3.49. The highest BCUT2D eigenvalue weighted by Gasteiger charge is 1.99. The first-order chi connectivity index (χ1) is 9.25. The molecule has 102 valence electrons. The molecule has 4 nitrogen and oxygen atoms in total. The summed E-state index contributed by atoms with van der Waals surface area (Å²) >= 11 is 0. The van der Waals surface area contributed by atoms with E-state index in [2.05, 4.69) is 39.1 Å². The molecular formula is C15H22N4. The van der Waals surface area contributed by atoms with Gasteiger partial charge in [0.05, 0.1) is 5.69 Å². The molecule has 0 spiro atoms. The molecule has 2 heterocycles. The quantitative estimate of drug-likeness (QED) is 0.774. The highest BCUT2D eigenvalue weighted by Crippen LogP contribution is 2.02. The number of hydrogen-bond acceptors (Lipinski definition) is 3. The summed E-state index contributed by atoms with van der Waals surface area (Å²) in [6.45, 7) is 7.12. The maximum absolute atomic E-state index is 4.45. The lowest BCUT2D eigenvalue weighted by atomic mass is 10.2. The maximum Gasteiger partial charge on any atom is 0.0596 e. The van der Waals surface area contributed by atoms with Crippen LogP contribution < -0.4 is 5.32 Å². The van der Waals surface area contributed by atoms with Gasteiger partial charge in [-0.05, 0) is 45.0 Å². The largest absolute Gasteiger partial charge is 0.316 e. The molecule has 0 atom stereocenters. The number of aromatic nitrogens is 3. The van der Waals surface area contributed by atoms with Crippen LogP contribution in [0.1, 0.15) is 23.5 Å². The van der Waals surface area contributed by atoms with Gasteiger partial charge in [-0.3, -0.25) is 9.67 Å². The molecule has 0 aromatic carbocycles. The summed E-state index contributed by atoms with van der Waals surface area (Å²) in [7, 11) is 0. The Hall–Kier alpha value is -1.68. The van der Waals surface area contributed by atoms with Gasteiger partial charge in [-0.15, -0.1) is 0 Å². The van der Waals surface area contributed by atoms with Crippen LogP contribution in [0.2, 0.25) is 0 Å². The zero-order chi connectivity index (χ0) is 13.5. The first-order valence-electron chi connectivity index (χ1n) is 6.87. The van der Waals surface area contributed by atoms with Gasteiger partial charge >= 0.3 is 0 Å². The van der Waals surface area contributed by atoms with Crippen LogP contribution in [-0.2, 0) is 13.0 Å². The van der Waals surface area contributed by atoms with Crippen molar-refractivity contribution in [2.24, 2.45) is 0 Å². The van der Waals surface area contributed by atoms with Crippen molar-refractivity contribution in [1.82, 2.24) is 20.1 Å². The van der Waals surface area contributed by atoms with Crippen LogP contribution in [0.15, 0.2) is 30.5 Å². The van der Waals surface area contributed by atoms with E-state index in [1.54, 1.807) is 0 Å². The van der Waals surface area contributed by atoms with E-state index in [-0.39, 0.29) is 0 Å². The van der Waals surface area contributed by atoms with Crippen molar-refractivity contribution in [3.8, 4) is 0 Å². The number of nitrogens with one attached hydrogen (secondary N) is 1. The van der Waals surface area contributed by atoms with Crippen molar-refractivity contribution in [1.29, 1.82) is 0 Å².